The van der Waals surface area contributed by atoms with Gasteiger partial charge in [0.15, 0.2) is 0 Å². The van der Waals surface area contributed by atoms with Gasteiger partial charge in [0.25, 0.3) is 0 Å². The lowest BCUT2D eigenvalue weighted by Gasteiger charge is -2.23. The molecular formula is C27H26F3N3O. The number of rotatable bonds is 4. The summed E-state index contributed by atoms with van der Waals surface area (Å²) in [7, 11) is 0. The Kier molecular flexibility index (Phi) is 5.50. The van der Waals surface area contributed by atoms with Crippen molar-refractivity contribution in [2.75, 3.05) is 18.0 Å². The number of aromatic nitrogens is 2. The van der Waals surface area contributed by atoms with Crippen molar-refractivity contribution in [1.82, 2.24) is 9.13 Å². The van der Waals surface area contributed by atoms with Crippen molar-refractivity contribution in [3.8, 4) is 0 Å². The van der Waals surface area contributed by atoms with Gasteiger partial charge in [-0.05, 0) is 55.2 Å². The van der Waals surface area contributed by atoms with E-state index >= 15 is 0 Å². The molecule has 1 atom stereocenters. The molecule has 1 aliphatic heterocycles. The summed E-state index contributed by atoms with van der Waals surface area (Å²) in [6.45, 7) is 5.55. The average Bonchev–Trinajstić information content (AvgIpc) is 3.36. The van der Waals surface area contributed by atoms with Crippen LogP contribution in [0.15, 0.2) is 71.5 Å². The first-order chi connectivity index (χ1) is 16.3. The van der Waals surface area contributed by atoms with Gasteiger partial charge in [-0.15, -0.1) is 0 Å². The van der Waals surface area contributed by atoms with E-state index in [9.17, 15) is 18.0 Å². The highest BCUT2D eigenvalue weighted by molar-refractivity contribution is 5.76. The Morgan fingerprint density at radius 2 is 1.53 bits per heavy atom. The van der Waals surface area contributed by atoms with Gasteiger partial charge < -0.3 is 4.90 Å². The summed E-state index contributed by atoms with van der Waals surface area (Å²) in [6.07, 6.45) is -3.68. The van der Waals surface area contributed by atoms with Gasteiger partial charge in [0.2, 0.25) is 0 Å². The molecule has 4 nitrogen and oxygen atoms in total. The fourth-order valence-corrected chi connectivity index (χ4v) is 5.30. The molecule has 1 aliphatic rings. The third-order valence-electron chi connectivity index (χ3n) is 6.80. The number of nitrogens with zero attached hydrogens (tertiary/aromatic N) is 3. The van der Waals surface area contributed by atoms with Crippen LogP contribution in [0, 0.1) is 13.8 Å². The Labute approximate surface area is 195 Å². The summed E-state index contributed by atoms with van der Waals surface area (Å²) in [5.41, 5.74) is 4.09. The van der Waals surface area contributed by atoms with E-state index < -0.39 is 11.7 Å². The minimum Gasteiger partial charge on any atom is -0.369 e. The highest BCUT2D eigenvalue weighted by Crippen LogP contribution is 2.34. The number of alkyl halides is 3. The highest BCUT2D eigenvalue weighted by Gasteiger charge is 2.34. The molecule has 5 rings (SSSR count). The Morgan fingerprint density at radius 1 is 0.882 bits per heavy atom. The predicted molar refractivity (Wildman–Crippen MR) is 129 cm³/mol. The molecule has 176 valence electrons. The molecule has 0 aliphatic carbocycles. The van der Waals surface area contributed by atoms with E-state index in [1.807, 2.05) is 30.3 Å². The summed E-state index contributed by atoms with van der Waals surface area (Å²) >= 11 is 0. The summed E-state index contributed by atoms with van der Waals surface area (Å²) in [4.78, 5) is 16.0. The van der Waals surface area contributed by atoms with E-state index in [-0.39, 0.29) is 23.8 Å². The van der Waals surface area contributed by atoms with E-state index in [0.717, 1.165) is 24.5 Å². The summed E-state index contributed by atoms with van der Waals surface area (Å²) in [5.74, 6) is 0. The standard InChI is InChI=1S/C27H26F3N3O/c1-18-8-7-9-19(2)25(18)31-15-14-21(17-31)33-24-13-6-5-12-23(24)32(26(33)34)16-20-10-3-4-11-22(20)27(28,29)30/h3-13,21H,14-17H2,1-2H3/t21-/m1/s1. The molecule has 0 amide bonds. The lowest BCUT2D eigenvalue weighted by Crippen LogP contribution is -2.30. The van der Waals surface area contributed by atoms with Gasteiger partial charge in [-0.2, -0.15) is 13.2 Å². The molecule has 0 spiro atoms. The molecule has 1 fully saturated rings. The lowest BCUT2D eigenvalue weighted by atomic mass is 10.1. The Morgan fingerprint density at radius 3 is 2.24 bits per heavy atom. The minimum atomic E-state index is -4.48. The average molecular weight is 466 g/mol. The maximum Gasteiger partial charge on any atom is 0.416 e. The van der Waals surface area contributed by atoms with Crippen LogP contribution in [0.3, 0.4) is 0 Å². The van der Waals surface area contributed by atoms with Crippen molar-refractivity contribution in [1.29, 1.82) is 0 Å². The van der Waals surface area contributed by atoms with Crippen molar-refractivity contribution in [3.63, 3.8) is 0 Å². The topological polar surface area (TPSA) is 30.2 Å². The summed E-state index contributed by atoms with van der Waals surface area (Å²) < 4.78 is 44.0. The second-order valence-electron chi connectivity index (χ2n) is 9.01. The van der Waals surface area contributed by atoms with Crippen molar-refractivity contribution in [2.24, 2.45) is 0 Å². The first-order valence-electron chi connectivity index (χ1n) is 11.4. The van der Waals surface area contributed by atoms with Gasteiger partial charge in [-0.3, -0.25) is 9.13 Å². The largest absolute Gasteiger partial charge is 0.416 e. The molecule has 0 bridgehead atoms. The van der Waals surface area contributed by atoms with Crippen LogP contribution in [0.2, 0.25) is 0 Å². The Balaban J connectivity index is 1.56. The van der Waals surface area contributed by atoms with Gasteiger partial charge >= 0.3 is 11.9 Å². The minimum absolute atomic E-state index is 0.0597. The number of hydrogen-bond acceptors (Lipinski definition) is 2. The molecule has 34 heavy (non-hydrogen) atoms. The first kappa shape index (κ1) is 22.3. The van der Waals surface area contributed by atoms with E-state index in [0.29, 0.717) is 12.1 Å². The van der Waals surface area contributed by atoms with Crippen LogP contribution in [0.5, 0.6) is 0 Å². The second kappa shape index (κ2) is 8.38. The van der Waals surface area contributed by atoms with E-state index in [1.165, 1.54) is 33.5 Å². The molecule has 2 heterocycles. The maximum atomic E-state index is 13.6. The monoisotopic (exact) mass is 465 g/mol. The number of benzene rings is 3. The molecular weight excluding hydrogens is 439 g/mol. The van der Waals surface area contributed by atoms with E-state index in [4.69, 9.17) is 0 Å². The van der Waals surface area contributed by atoms with Gasteiger partial charge in [0.05, 0.1) is 29.2 Å². The molecule has 1 aromatic heterocycles. The molecule has 1 saturated heterocycles. The zero-order valence-corrected chi connectivity index (χ0v) is 19.1. The predicted octanol–water partition coefficient (Wildman–Crippen LogP) is 5.94. The van der Waals surface area contributed by atoms with Crippen LogP contribution in [0.1, 0.15) is 34.7 Å². The third-order valence-corrected chi connectivity index (χ3v) is 6.80. The Hall–Kier alpha value is -3.48. The fourth-order valence-electron chi connectivity index (χ4n) is 5.30. The molecule has 0 unspecified atom stereocenters. The van der Waals surface area contributed by atoms with Gasteiger partial charge in [0, 0.05) is 18.8 Å². The smallest absolute Gasteiger partial charge is 0.369 e. The van der Waals surface area contributed by atoms with Crippen LogP contribution >= 0.6 is 0 Å². The van der Waals surface area contributed by atoms with Crippen LogP contribution in [0.25, 0.3) is 11.0 Å². The van der Waals surface area contributed by atoms with Gasteiger partial charge in [-0.1, -0.05) is 48.5 Å². The van der Waals surface area contributed by atoms with Crippen LogP contribution in [-0.4, -0.2) is 22.2 Å². The summed E-state index contributed by atoms with van der Waals surface area (Å²) in [6, 6.07) is 19.0. The first-order valence-corrected chi connectivity index (χ1v) is 11.4. The molecule has 0 radical (unpaired) electrons. The van der Waals surface area contributed by atoms with Crippen LogP contribution in [0.4, 0.5) is 18.9 Å². The quantitative estimate of drug-likeness (QED) is 0.374. The number of halogens is 3. The normalized spacial score (nSPS) is 16.5. The maximum absolute atomic E-state index is 13.6. The van der Waals surface area contributed by atoms with E-state index in [1.54, 1.807) is 10.6 Å². The van der Waals surface area contributed by atoms with Crippen molar-refractivity contribution < 1.29 is 13.2 Å². The molecule has 3 aromatic carbocycles. The number of fused-ring (bicyclic) bond motifs is 1. The van der Waals surface area contributed by atoms with Crippen molar-refractivity contribution in [2.45, 2.75) is 39.0 Å². The molecule has 4 aromatic rings. The molecule has 0 N–H and O–H groups in total. The molecule has 7 heteroatoms. The summed E-state index contributed by atoms with van der Waals surface area (Å²) in [5, 5.41) is 0. The zero-order valence-electron chi connectivity index (χ0n) is 19.1. The lowest BCUT2D eigenvalue weighted by molar-refractivity contribution is -0.138. The highest BCUT2D eigenvalue weighted by atomic mass is 19.4. The number of para-hydroxylation sites is 3. The van der Waals surface area contributed by atoms with Crippen LogP contribution in [-0.2, 0) is 12.7 Å². The van der Waals surface area contributed by atoms with Crippen molar-refractivity contribution in [3.05, 3.63) is 99.5 Å². The zero-order chi connectivity index (χ0) is 24.0. The van der Waals surface area contributed by atoms with Gasteiger partial charge in [-0.25, -0.2) is 4.79 Å². The van der Waals surface area contributed by atoms with Crippen molar-refractivity contribution >= 4 is 16.7 Å². The Bertz CT molecular complexity index is 1400. The van der Waals surface area contributed by atoms with E-state index in [2.05, 4.69) is 30.9 Å². The number of imidazole rings is 1. The van der Waals surface area contributed by atoms with Gasteiger partial charge in [0.1, 0.15) is 0 Å². The molecule has 0 saturated carbocycles. The third kappa shape index (κ3) is 3.79. The second-order valence-corrected chi connectivity index (χ2v) is 9.01. The number of aryl methyl sites for hydroxylation is 2. The number of hydrogen-bond donors (Lipinski definition) is 0. The van der Waals surface area contributed by atoms with Crippen LogP contribution < -0.4 is 10.6 Å². The fraction of sp³-hybridized carbons (Fsp3) is 0.296. The SMILES string of the molecule is Cc1cccc(C)c1N1CC[C@@H](n2c(=O)n(Cc3ccccc3C(F)(F)F)c3ccccc32)C1. The number of anilines is 1.